The summed E-state index contributed by atoms with van der Waals surface area (Å²) in [7, 11) is 1.78. The third kappa shape index (κ3) is 5.66. The smallest absolute Gasteiger partial charge is 0.239 e. The molecule has 0 saturated carbocycles. The van der Waals surface area contributed by atoms with Crippen molar-refractivity contribution < 1.29 is 19.1 Å². The lowest BCUT2D eigenvalue weighted by Gasteiger charge is -2.16. The minimum atomic E-state index is -0.191. The van der Waals surface area contributed by atoms with Crippen molar-refractivity contribution in [3.05, 3.63) is 41.0 Å². The van der Waals surface area contributed by atoms with E-state index >= 15 is 0 Å². The summed E-state index contributed by atoms with van der Waals surface area (Å²) in [6.45, 7) is 0.794. The molecule has 1 aromatic heterocycles. The minimum absolute atomic E-state index is 0.143. The number of likely N-dealkylation sites (N-methyl/N-ethyl adjacent to an activating group) is 1. The van der Waals surface area contributed by atoms with Crippen molar-refractivity contribution in [1.82, 2.24) is 9.88 Å². The van der Waals surface area contributed by atoms with Crippen LogP contribution >= 0.6 is 15.9 Å². The van der Waals surface area contributed by atoms with Gasteiger partial charge in [0.15, 0.2) is 11.5 Å². The number of rotatable bonds is 7. The first-order valence-electron chi connectivity index (χ1n) is 8.29. The molecule has 27 heavy (non-hydrogen) atoms. The Bertz CT molecular complexity index is 829. The Balaban J connectivity index is 1.40. The van der Waals surface area contributed by atoms with Crippen LogP contribution in [0.25, 0.3) is 0 Å². The van der Waals surface area contributed by atoms with Gasteiger partial charge < -0.3 is 20.1 Å². The number of carbonyl (C=O) groups excluding carboxylic acids is 2. The zero-order valence-electron chi connectivity index (χ0n) is 14.7. The molecular formula is C18H19BrN4O4. The fraction of sp³-hybridized carbons (Fsp3) is 0.278. The normalized spacial score (nSPS) is 12.1. The Morgan fingerprint density at radius 3 is 2.74 bits per heavy atom. The second-order valence-corrected chi connectivity index (χ2v) is 6.93. The molecular weight excluding hydrogens is 416 g/mol. The number of nitrogens with zero attached hydrogens (tertiary/aromatic N) is 2. The molecule has 9 heteroatoms. The number of nitrogens with one attached hydrogen (secondary N) is 2. The predicted molar refractivity (Wildman–Crippen MR) is 104 cm³/mol. The summed E-state index contributed by atoms with van der Waals surface area (Å²) in [5.74, 6) is 1.43. The highest BCUT2D eigenvalue weighted by molar-refractivity contribution is 9.10. The van der Waals surface area contributed by atoms with Crippen molar-refractivity contribution in [3.63, 3.8) is 0 Å². The molecule has 0 unspecified atom stereocenters. The molecule has 0 saturated heterocycles. The first kappa shape index (κ1) is 19.1. The third-order valence-corrected chi connectivity index (χ3v) is 4.25. The molecule has 2 N–H and O–H groups in total. The van der Waals surface area contributed by atoms with Crippen LogP contribution in [0.3, 0.4) is 0 Å². The van der Waals surface area contributed by atoms with E-state index in [2.05, 4.69) is 31.5 Å². The SMILES string of the molecule is CN(CCC(=O)Nc1ccc2c(c1)OCO2)CC(=O)Nc1ccc(Br)cn1. The molecule has 2 aromatic rings. The topological polar surface area (TPSA) is 92.8 Å². The number of pyridine rings is 1. The van der Waals surface area contributed by atoms with E-state index in [1.54, 1.807) is 48.5 Å². The van der Waals surface area contributed by atoms with Gasteiger partial charge in [-0.1, -0.05) is 0 Å². The Morgan fingerprint density at radius 1 is 1.15 bits per heavy atom. The second-order valence-electron chi connectivity index (χ2n) is 6.01. The maximum atomic E-state index is 12.1. The molecule has 2 heterocycles. The number of amides is 2. The van der Waals surface area contributed by atoms with Crippen LogP contribution in [0.4, 0.5) is 11.5 Å². The van der Waals surface area contributed by atoms with Crippen LogP contribution in [-0.4, -0.2) is 48.6 Å². The van der Waals surface area contributed by atoms with Crippen LogP contribution in [0.15, 0.2) is 41.0 Å². The van der Waals surface area contributed by atoms with E-state index in [0.717, 1.165) is 4.47 Å². The largest absolute Gasteiger partial charge is 0.454 e. The Kier molecular flexibility index (Phi) is 6.25. The summed E-state index contributed by atoms with van der Waals surface area (Å²) in [5.41, 5.74) is 0.644. The van der Waals surface area contributed by atoms with Gasteiger partial charge in [0.2, 0.25) is 18.6 Å². The highest BCUT2D eigenvalue weighted by Crippen LogP contribution is 2.34. The Hall–Kier alpha value is -2.65. The first-order valence-corrected chi connectivity index (χ1v) is 9.08. The number of aromatic nitrogens is 1. The molecule has 1 aliphatic rings. The van der Waals surface area contributed by atoms with E-state index in [4.69, 9.17) is 9.47 Å². The highest BCUT2D eigenvalue weighted by Gasteiger charge is 2.14. The fourth-order valence-electron chi connectivity index (χ4n) is 2.45. The molecule has 0 aliphatic carbocycles. The maximum Gasteiger partial charge on any atom is 0.239 e. The lowest BCUT2D eigenvalue weighted by molar-refractivity contribution is -0.119. The summed E-state index contributed by atoms with van der Waals surface area (Å²) < 4.78 is 11.4. The summed E-state index contributed by atoms with van der Waals surface area (Å²) in [4.78, 5) is 30.0. The van der Waals surface area contributed by atoms with Crippen LogP contribution in [-0.2, 0) is 9.59 Å². The van der Waals surface area contributed by atoms with Crippen LogP contribution in [0, 0.1) is 0 Å². The van der Waals surface area contributed by atoms with Crippen LogP contribution in [0.1, 0.15) is 6.42 Å². The number of anilines is 2. The average molecular weight is 435 g/mol. The van der Waals surface area contributed by atoms with E-state index in [1.807, 2.05) is 0 Å². The van der Waals surface area contributed by atoms with Crippen molar-refractivity contribution in [2.45, 2.75) is 6.42 Å². The van der Waals surface area contributed by atoms with Crippen molar-refractivity contribution in [2.24, 2.45) is 0 Å². The van der Waals surface area contributed by atoms with Gasteiger partial charge in [-0.15, -0.1) is 0 Å². The van der Waals surface area contributed by atoms with Gasteiger partial charge in [0, 0.05) is 35.4 Å². The lowest BCUT2D eigenvalue weighted by Crippen LogP contribution is -2.32. The molecule has 0 radical (unpaired) electrons. The zero-order chi connectivity index (χ0) is 19.2. The number of halogens is 1. The van der Waals surface area contributed by atoms with Crippen LogP contribution < -0.4 is 20.1 Å². The zero-order valence-corrected chi connectivity index (χ0v) is 16.3. The van der Waals surface area contributed by atoms with Crippen LogP contribution in [0.5, 0.6) is 11.5 Å². The van der Waals surface area contributed by atoms with Crippen molar-refractivity contribution in [3.8, 4) is 11.5 Å². The number of ether oxygens (including phenoxy) is 2. The van der Waals surface area contributed by atoms with E-state index in [1.165, 1.54) is 0 Å². The van der Waals surface area contributed by atoms with Gasteiger partial charge in [0.1, 0.15) is 5.82 Å². The fourth-order valence-corrected chi connectivity index (χ4v) is 2.68. The summed E-state index contributed by atoms with van der Waals surface area (Å²) >= 11 is 3.29. The third-order valence-electron chi connectivity index (χ3n) is 3.79. The maximum absolute atomic E-state index is 12.1. The Labute approximate surface area is 165 Å². The molecule has 2 amide bonds. The molecule has 0 atom stereocenters. The summed E-state index contributed by atoms with van der Waals surface area (Å²) in [6.07, 6.45) is 1.87. The van der Waals surface area contributed by atoms with Gasteiger partial charge >= 0.3 is 0 Å². The van der Waals surface area contributed by atoms with Gasteiger partial charge in [0.05, 0.1) is 6.54 Å². The molecule has 8 nitrogen and oxygen atoms in total. The molecule has 0 bridgehead atoms. The monoisotopic (exact) mass is 434 g/mol. The molecule has 3 rings (SSSR count). The second kappa shape index (κ2) is 8.83. The lowest BCUT2D eigenvalue weighted by atomic mass is 10.2. The molecule has 0 spiro atoms. The number of benzene rings is 1. The van der Waals surface area contributed by atoms with Gasteiger partial charge in [-0.3, -0.25) is 14.5 Å². The molecule has 1 aliphatic heterocycles. The Morgan fingerprint density at radius 2 is 1.96 bits per heavy atom. The minimum Gasteiger partial charge on any atom is -0.454 e. The van der Waals surface area contributed by atoms with E-state index in [0.29, 0.717) is 29.5 Å². The number of hydrogen-bond donors (Lipinski definition) is 2. The number of hydrogen-bond acceptors (Lipinski definition) is 6. The standard InChI is InChI=1S/C18H19BrN4O4/c1-23(10-18(25)22-16-5-2-12(19)9-20-16)7-6-17(24)21-13-3-4-14-15(8-13)27-11-26-14/h2-5,8-9H,6-7,10-11H2,1H3,(H,21,24)(H,20,22,25). The van der Waals surface area contributed by atoms with Gasteiger partial charge in [-0.05, 0) is 47.2 Å². The highest BCUT2D eigenvalue weighted by atomic mass is 79.9. The average Bonchev–Trinajstić information content (AvgIpc) is 3.09. The van der Waals surface area contributed by atoms with Crippen molar-refractivity contribution >= 4 is 39.2 Å². The van der Waals surface area contributed by atoms with Crippen molar-refractivity contribution in [2.75, 3.05) is 37.6 Å². The number of carbonyl (C=O) groups is 2. The van der Waals surface area contributed by atoms with E-state index in [-0.39, 0.29) is 31.6 Å². The first-order chi connectivity index (χ1) is 13.0. The van der Waals surface area contributed by atoms with Gasteiger partial charge in [0.25, 0.3) is 0 Å². The molecule has 142 valence electrons. The van der Waals surface area contributed by atoms with Crippen molar-refractivity contribution in [1.29, 1.82) is 0 Å². The summed E-state index contributed by atoms with van der Waals surface area (Å²) in [5, 5.41) is 5.52. The van der Waals surface area contributed by atoms with Gasteiger partial charge in [-0.2, -0.15) is 0 Å². The quantitative estimate of drug-likeness (QED) is 0.695. The summed E-state index contributed by atoms with van der Waals surface area (Å²) in [6, 6.07) is 8.74. The number of fused-ring (bicyclic) bond motifs is 1. The molecule has 0 fully saturated rings. The van der Waals surface area contributed by atoms with E-state index in [9.17, 15) is 9.59 Å². The van der Waals surface area contributed by atoms with Crippen LogP contribution in [0.2, 0.25) is 0 Å². The molecule has 1 aromatic carbocycles. The van der Waals surface area contributed by atoms with Gasteiger partial charge in [-0.25, -0.2) is 4.98 Å². The van der Waals surface area contributed by atoms with E-state index < -0.39 is 0 Å². The predicted octanol–water partition coefficient (Wildman–Crippen LogP) is 2.47.